The highest BCUT2D eigenvalue weighted by atomic mass is 16.3. The zero-order valence-corrected chi connectivity index (χ0v) is 12.1. The van der Waals surface area contributed by atoms with E-state index in [1.165, 1.54) is 19.3 Å². The van der Waals surface area contributed by atoms with Crippen LogP contribution in [-0.2, 0) is 5.60 Å². The Morgan fingerprint density at radius 2 is 1.43 bits per heavy atom. The van der Waals surface area contributed by atoms with Crippen LogP contribution in [0.25, 0.3) is 0 Å². The molecule has 4 rings (SSSR count). The Hall–Kier alpha value is -1.64. The van der Waals surface area contributed by atoms with Crippen molar-refractivity contribution < 1.29 is 5.11 Å². The van der Waals surface area contributed by atoms with Crippen LogP contribution in [0.15, 0.2) is 60.7 Å². The summed E-state index contributed by atoms with van der Waals surface area (Å²) in [6.07, 6.45) is 3.68. The van der Waals surface area contributed by atoms with Gasteiger partial charge in [0.15, 0.2) is 0 Å². The maximum atomic E-state index is 11.7. The number of fused-ring (bicyclic) bond motifs is 2. The summed E-state index contributed by atoms with van der Waals surface area (Å²) < 4.78 is 0. The van der Waals surface area contributed by atoms with Gasteiger partial charge in [-0.3, -0.25) is 0 Å². The molecule has 2 aliphatic rings. The number of hydrogen-bond acceptors (Lipinski definition) is 2. The van der Waals surface area contributed by atoms with Crippen LogP contribution in [0.2, 0.25) is 0 Å². The molecule has 108 valence electrons. The molecule has 0 radical (unpaired) electrons. The molecule has 0 aromatic heterocycles. The quantitative estimate of drug-likeness (QED) is 0.905. The van der Waals surface area contributed by atoms with Gasteiger partial charge in [-0.15, -0.1) is 0 Å². The molecule has 2 N–H and O–H groups in total. The Bertz CT molecular complexity index is 570. The first-order valence-electron chi connectivity index (χ1n) is 7.88. The van der Waals surface area contributed by atoms with E-state index < -0.39 is 5.60 Å². The fourth-order valence-electron chi connectivity index (χ4n) is 4.23. The smallest absolute Gasteiger partial charge is 0.130 e. The average molecular weight is 279 g/mol. The maximum Gasteiger partial charge on any atom is 0.130 e. The van der Waals surface area contributed by atoms with Crippen LogP contribution in [0.1, 0.15) is 30.4 Å². The highest BCUT2D eigenvalue weighted by Crippen LogP contribution is 2.45. The van der Waals surface area contributed by atoms with E-state index in [-0.39, 0.29) is 6.04 Å². The van der Waals surface area contributed by atoms with Crippen LogP contribution in [0.5, 0.6) is 0 Å². The lowest BCUT2D eigenvalue weighted by Gasteiger charge is -2.40. The average Bonchev–Trinajstić information content (AvgIpc) is 3.19. The van der Waals surface area contributed by atoms with Gasteiger partial charge in [0.2, 0.25) is 0 Å². The molecule has 0 unspecified atom stereocenters. The van der Waals surface area contributed by atoms with E-state index in [2.05, 4.69) is 5.32 Å². The van der Waals surface area contributed by atoms with E-state index in [4.69, 9.17) is 0 Å². The molecule has 1 heterocycles. The van der Waals surface area contributed by atoms with Gasteiger partial charge in [0, 0.05) is 12.1 Å². The fraction of sp³-hybridized carbons (Fsp3) is 0.368. The summed E-state index contributed by atoms with van der Waals surface area (Å²) in [7, 11) is 0. The first kappa shape index (κ1) is 13.1. The first-order chi connectivity index (χ1) is 10.3. The van der Waals surface area contributed by atoms with Gasteiger partial charge in [-0.2, -0.15) is 0 Å². The number of hydrogen-bond donors (Lipinski definition) is 2. The molecule has 1 saturated heterocycles. The highest BCUT2D eigenvalue weighted by molar-refractivity contribution is 5.39. The Morgan fingerprint density at radius 3 is 1.86 bits per heavy atom. The van der Waals surface area contributed by atoms with Crippen molar-refractivity contribution in [3.05, 3.63) is 71.8 Å². The third kappa shape index (κ3) is 2.02. The van der Waals surface area contributed by atoms with Crippen LogP contribution >= 0.6 is 0 Å². The summed E-state index contributed by atoms with van der Waals surface area (Å²) in [5.41, 5.74) is 1.03. The highest BCUT2D eigenvalue weighted by Gasteiger charge is 2.51. The minimum atomic E-state index is -0.942. The van der Waals surface area contributed by atoms with Crippen molar-refractivity contribution >= 4 is 0 Å². The molecule has 2 bridgehead atoms. The molecule has 21 heavy (non-hydrogen) atoms. The Morgan fingerprint density at radius 1 is 0.857 bits per heavy atom. The van der Waals surface area contributed by atoms with E-state index in [1.54, 1.807) is 0 Å². The van der Waals surface area contributed by atoms with Gasteiger partial charge in [0.05, 0.1) is 0 Å². The molecule has 2 aromatic carbocycles. The van der Waals surface area contributed by atoms with Gasteiger partial charge in [0.25, 0.3) is 0 Å². The normalized spacial score (nSPS) is 28.0. The van der Waals surface area contributed by atoms with Gasteiger partial charge in [-0.05, 0) is 36.3 Å². The van der Waals surface area contributed by atoms with Gasteiger partial charge in [-0.1, -0.05) is 60.7 Å². The molecular formula is C19H21NO. The van der Waals surface area contributed by atoms with E-state index >= 15 is 0 Å². The standard InChI is InChI=1S/C19H21NO/c21-19(15-7-3-1-4-8-15,16-9-5-2-6-10-16)18-14-11-12-17(13-14)20-18/h1-10,14,17-18,20-21H,11-13H2/t14-,17+,18-/m0/s1. The molecule has 2 nitrogen and oxygen atoms in total. The number of aliphatic hydroxyl groups is 1. The lowest BCUT2D eigenvalue weighted by atomic mass is 9.75. The third-order valence-corrected chi connectivity index (χ3v) is 5.24. The Balaban J connectivity index is 1.83. The number of nitrogens with one attached hydrogen (secondary N) is 1. The number of piperidine rings is 1. The van der Waals surface area contributed by atoms with Gasteiger partial charge in [0.1, 0.15) is 5.60 Å². The Labute approximate surface area is 125 Å². The minimum Gasteiger partial charge on any atom is -0.379 e. The third-order valence-electron chi connectivity index (χ3n) is 5.24. The summed E-state index contributed by atoms with van der Waals surface area (Å²) in [4.78, 5) is 0. The summed E-state index contributed by atoms with van der Waals surface area (Å²) in [5.74, 6) is 0.570. The molecule has 2 aromatic rings. The fourth-order valence-corrected chi connectivity index (χ4v) is 4.23. The van der Waals surface area contributed by atoms with Crippen molar-refractivity contribution in [1.82, 2.24) is 5.32 Å². The summed E-state index contributed by atoms with van der Waals surface area (Å²) in [5, 5.41) is 15.4. The largest absolute Gasteiger partial charge is 0.379 e. The second-order valence-electron chi connectivity index (χ2n) is 6.41. The monoisotopic (exact) mass is 279 g/mol. The molecular weight excluding hydrogens is 258 g/mol. The lowest BCUT2D eigenvalue weighted by molar-refractivity contribution is 0.0202. The topological polar surface area (TPSA) is 32.3 Å². The van der Waals surface area contributed by atoms with Crippen molar-refractivity contribution in [2.45, 2.75) is 36.9 Å². The second kappa shape index (κ2) is 4.97. The number of benzene rings is 2. The predicted octanol–water partition coefficient (Wildman–Crippen LogP) is 3.06. The van der Waals surface area contributed by atoms with Crippen molar-refractivity contribution in [3.63, 3.8) is 0 Å². The van der Waals surface area contributed by atoms with Crippen LogP contribution in [0.3, 0.4) is 0 Å². The van der Waals surface area contributed by atoms with Crippen molar-refractivity contribution in [2.75, 3.05) is 0 Å². The van der Waals surface area contributed by atoms with E-state index in [1.807, 2.05) is 60.7 Å². The molecule has 1 saturated carbocycles. The van der Waals surface area contributed by atoms with E-state index in [0.717, 1.165) is 11.1 Å². The zero-order valence-electron chi connectivity index (χ0n) is 12.1. The molecule has 1 aliphatic carbocycles. The van der Waals surface area contributed by atoms with Gasteiger partial charge < -0.3 is 10.4 Å². The molecule has 0 spiro atoms. The summed E-state index contributed by atoms with van der Waals surface area (Å²) >= 11 is 0. The van der Waals surface area contributed by atoms with Crippen molar-refractivity contribution in [1.29, 1.82) is 0 Å². The van der Waals surface area contributed by atoms with Crippen molar-refractivity contribution in [2.24, 2.45) is 5.92 Å². The molecule has 3 atom stereocenters. The second-order valence-corrected chi connectivity index (χ2v) is 6.41. The van der Waals surface area contributed by atoms with Crippen molar-refractivity contribution in [3.8, 4) is 0 Å². The van der Waals surface area contributed by atoms with E-state index in [9.17, 15) is 5.11 Å². The van der Waals surface area contributed by atoms with Crippen LogP contribution in [-0.4, -0.2) is 17.2 Å². The number of rotatable bonds is 3. The SMILES string of the molecule is OC(c1ccccc1)(c1ccccc1)[C@H]1N[C@@H]2CC[C@H]1C2. The van der Waals surface area contributed by atoms with Crippen LogP contribution < -0.4 is 5.32 Å². The molecule has 2 heteroatoms. The predicted molar refractivity (Wildman–Crippen MR) is 83.9 cm³/mol. The van der Waals surface area contributed by atoms with Gasteiger partial charge >= 0.3 is 0 Å². The minimum absolute atomic E-state index is 0.112. The summed E-state index contributed by atoms with van der Waals surface area (Å²) in [6.45, 7) is 0. The van der Waals surface area contributed by atoms with Gasteiger partial charge in [-0.25, -0.2) is 0 Å². The lowest BCUT2D eigenvalue weighted by Crippen LogP contribution is -2.52. The maximum absolute atomic E-state index is 11.7. The molecule has 0 amide bonds. The van der Waals surface area contributed by atoms with E-state index in [0.29, 0.717) is 12.0 Å². The zero-order chi connectivity index (χ0) is 14.3. The van der Waals surface area contributed by atoms with Crippen LogP contribution in [0, 0.1) is 5.92 Å². The first-order valence-corrected chi connectivity index (χ1v) is 7.88. The Kier molecular flexibility index (Phi) is 3.09. The molecule has 1 aliphatic heterocycles. The van der Waals surface area contributed by atoms with Crippen LogP contribution in [0.4, 0.5) is 0 Å². The molecule has 2 fully saturated rings. The summed E-state index contributed by atoms with van der Waals surface area (Å²) in [6, 6.07) is 20.9.